The van der Waals surface area contributed by atoms with Gasteiger partial charge in [-0.3, -0.25) is 0 Å². The van der Waals surface area contributed by atoms with E-state index >= 15 is 0 Å². The van der Waals surface area contributed by atoms with Crippen LogP contribution in [-0.4, -0.2) is 21.4 Å². The predicted octanol–water partition coefficient (Wildman–Crippen LogP) is 6.68. The zero-order chi connectivity index (χ0) is 21.1. The molecular weight excluding hydrogens is 332 g/mol. The molecule has 0 aliphatic heterocycles. The highest BCUT2D eigenvalue weighted by Crippen LogP contribution is 2.30. The molecule has 1 atom stereocenters. The summed E-state index contributed by atoms with van der Waals surface area (Å²) in [6, 6.07) is 0. The topological polar surface area (TPSA) is 40.5 Å². The second-order valence-electron chi connectivity index (χ2n) is 8.91. The molecule has 2 nitrogen and oxygen atoms in total. The largest absolute Gasteiger partial charge is 0.390 e. The summed E-state index contributed by atoms with van der Waals surface area (Å²) in [6.07, 6.45) is 18.1. The van der Waals surface area contributed by atoms with Crippen LogP contribution in [0.15, 0.2) is 59.3 Å². The van der Waals surface area contributed by atoms with E-state index in [1.54, 1.807) is 0 Å². The lowest BCUT2D eigenvalue weighted by atomic mass is 9.80. The molecule has 2 heteroatoms. The standard InChI is InChI=1S/C25H42O2/c1-9-20(2)12-10-13-21(3)14-11-15-22(4)16-17-23(25(7,8)27)18-19-24(5,6)26/h9-15,23,26-27H,16-19H2,1-8H3/b12-10+,14-11+,20-9+,21-13+,22-15+/t23-/m1/s1. The average molecular weight is 375 g/mol. The van der Waals surface area contributed by atoms with Crippen molar-refractivity contribution in [1.29, 1.82) is 0 Å². The third kappa shape index (κ3) is 14.4. The highest BCUT2D eigenvalue weighted by molar-refractivity contribution is 5.28. The highest BCUT2D eigenvalue weighted by atomic mass is 16.3. The fraction of sp³-hybridized carbons (Fsp3) is 0.600. The normalized spacial score (nSPS) is 16.6. The van der Waals surface area contributed by atoms with E-state index < -0.39 is 11.2 Å². The third-order valence-corrected chi connectivity index (χ3v) is 4.90. The van der Waals surface area contributed by atoms with Crippen LogP contribution in [0.2, 0.25) is 0 Å². The first-order valence-electron chi connectivity index (χ1n) is 10.1. The van der Waals surface area contributed by atoms with Crippen LogP contribution < -0.4 is 0 Å². The van der Waals surface area contributed by atoms with Crippen molar-refractivity contribution in [3.05, 3.63) is 59.3 Å². The number of allylic oxidation sites excluding steroid dienone is 10. The summed E-state index contributed by atoms with van der Waals surface area (Å²) in [5, 5.41) is 20.4. The molecule has 0 aromatic carbocycles. The van der Waals surface area contributed by atoms with Crippen LogP contribution in [0.5, 0.6) is 0 Å². The SMILES string of the molecule is C/C=C(C)/C=C/C=C(C)/C=C/C=C(\C)CC[C@H](CCC(C)(C)O)C(C)(C)O. The van der Waals surface area contributed by atoms with Crippen molar-refractivity contribution in [3.8, 4) is 0 Å². The zero-order valence-electron chi connectivity index (χ0n) is 18.8. The molecule has 154 valence electrons. The molecular formula is C25H42O2. The maximum absolute atomic E-state index is 10.4. The minimum atomic E-state index is -0.724. The van der Waals surface area contributed by atoms with E-state index in [0.717, 1.165) is 19.3 Å². The first-order chi connectivity index (χ1) is 12.3. The fourth-order valence-electron chi connectivity index (χ4n) is 2.73. The smallest absolute Gasteiger partial charge is 0.0619 e. The van der Waals surface area contributed by atoms with Crippen molar-refractivity contribution < 1.29 is 10.2 Å². The van der Waals surface area contributed by atoms with Crippen molar-refractivity contribution in [2.75, 3.05) is 0 Å². The summed E-state index contributed by atoms with van der Waals surface area (Å²) in [6.45, 7) is 15.8. The predicted molar refractivity (Wildman–Crippen MR) is 120 cm³/mol. The molecule has 0 saturated heterocycles. The fourth-order valence-corrected chi connectivity index (χ4v) is 2.73. The van der Waals surface area contributed by atoms with Crippen molar-refractivity contribution >= 4 is 0 Å². The molecule has 0 amide bonds. The zero-order valence-corrected chi connectivity index (χ0v) is 18.8. The van der Waals surface area contributed by atoms with Gasteiger partial charge in [-0.15, -0.1) is 0 Å². The summed E-state index contributed by atoms with van der Waals surface area (Å²) in [7, 11) is 0. The van der Waals surface area contributed by atoms with E-state index in [9.17, 15) is 10.2 Å². The van der Waals surface area contributed by atoms with Crippen LogP contribution in [0.25, 0.3) is 0 Å². The van der Waals surface area contributed by atoms with Crippen LogP contribution in [0.3, 0.4) is 0 Å². The Labute approximate surface area is 168 Å². The van der Waals surface area contributed by atoms with Gasteiger partial charge in [0.25, 0.3) is 0 Å². The molecule has 0 aromatic rings. The van der Waals surface area contributed by atoms with E-state index in [1.807, 2.05) is 34.6 Å². The van der Waals surface area contributed by atoms with Gasteiger partial charge in [-0.05, 0) is 87.0 Å². The number of rotatable bonds is 11. The Morgan fingerprint density at radius 1 is 0.852 bits per heavy atom. The third-order valence-electron chi connectivity index (χ3n) is 4.90. The van der Waals surface area contributed by atoms with Gasteiger partial charge in [0.1, 0.15) is 0 Å². The quantitative estimate of drug-likeness (QED) is 0.396. The van der Waals surface area contributed by atoms with Crippen LogP contribution in [-0.2, 0) is 0 Å². The first kappa shape index (κ1) is 25.6. The van der Waals surface area contributed by atoms with Gasteiger partial charge >= 0.3 is 0 Å². The van der Waals surface area contributed by atoms with Gasteiger partial charge in [0, 0.05) is 0 Å². The van der Waals surface area contributed by atoms with E-state index in [-0.39, 0.29) is 5.92 Å². The van der Waals surface area contributed by atoms with Crippen molar-refractivity contribution in [1.82, 2.24) is 0 Å². The molecule has 2 N–H and O–H groups in total. The van der Waals surface area contributed by atoms with E-state index in [2.05, 4.69) is 63.3 Å². The lowest BCUT2D eigenvalue weighted by Gasteiger charge is -2.31. The maximum atomic E-state index is 10.4. The van der Waals surface area contributed by atoms with Gasteiger partial charge in [0.05, 0.1) is 11.2 Å². The molecule has 0 heterocycles. The Kier molecular flexibility index (Phi) is 11.5. The van der Waals surface area contributed by atoms with E-state index in [0.29, 0.717) is 6.42 Å². The monoisotopic (exact) mass is 374 g/mol. The molecule has 0 aliphatic rings. The molecule has 0 bridgehead atoms. The number of hydrogen-bond donors (Lipinski definition) is 2. The highest BCUT2D eigenvalue weighted by Gasteiger charge is 2.28. The molecule has 27 heavy (non-hydrogen) atoms. The first-order valence-corrected chi connectivity index (χ1v) is 10.1. The van der Waals surface area contributed by atoms with Gasteiger partial charge < -0.3 is 10.2 Å². The van der Waals surface area contributed by atoms with E-state index in [1.165, 1.54) is 16.7 Å². The number of hydrogen-bond acceptors (Lipinski definition) is 2. The van der Waals surface area contributed by atoms with Crippen molar-refractivity contribution in [3.63, 3.8) is 0 Å². The van der Waals surface area contributed by atoms with Gasteiger partial charge in [0.15, 0.2) is 0 Å². The van der Waals surface area contributed by atoms with Crippen LogP contribution in [0, 0.1) is 5.92 Å². The molecule has 0 radical (unpaired) electrons. The Bertz CT molecular complexity index is 572. The Balaban J connectivity index is 4.69. The second-order valence-corrected chi connectivity index (χ2v) is 8.91. The molecule has 0 spiro atoms. The molecule has 0 rings (SSSR count). The number of aliphatic hydroxyl groups is 2. The summed E-state index contributed by atoms with van der Waals surface area (Å²) < 4.78 is 0. The van der Waals surface area contributed by atoms with Crippen LogP contribution in [0.4, 0.5) is 0 Å². The van der Waals surface area contributed by atoms with Gasteiger partial charge in [-0.2, -0.15) is 0 Å². The van der Waals surface area contributed by atoms with Crippen molar-refractivity contribution in [2.24, 2.45) is 5.92 Å². The second kappa shape index (κ2) is 12.2. The summed E-state index contributed by atoms with van der Waals surface area (Å²) in [5.41, 5.74) is 2.36. The van der Waals surface area contributed by atoms with Crippen LogP contribution in [0.1, 0.15) is 81.1 Å². The maximum Gasteiger partial charge on any atom is 0.0619 e. The Morgan fingerprint density at radius 2 is 1.41 bits per heavy atom. The Hall–Kier alpha value is -1.38. The van der Waals surface area contributed by atoms with Gasteiger partial charge in [0.2, 0.25) is 0 Å². The molecule has 0 aromatic heterocycles. The lowest BCUT2D eigenvalue weighted by Crippen LogP contribution is -2.33. The molecule has 0 fully saturated rings. The minimum absolute atomic E-state index is 0.179. The average Bonchev–Trinajstić information content (AvgIpc) is 2.52. The van der Waals surface area contributed by atoms with Crippen molar-refractivity contribution in [2.45, 2.75) is 92.3 Å². The molecule has 0 aliphatic carbocycles. The van der Waals surface area contributed by atoms with Crippen LogP contribution >= 0.6 is 0 Å². The molecule has 0 unspecified atom stereocenters. The lowest BCUT2D eigenvalue weighted by molar-refractivity contribution is -0.00671. The minimum Gasteiger partial charge on any atom is -0.390 e. The van der Waals surface area contributed by atoms with Gasteiger partial charge in [-0.1, -0.05) is 59.3 Å². The molecule has 0 saturated carbocycles. The Morgan fingerprint density at radius 3 is 1.93 bits per heavy atom. The summed E-state index contributed by atoms with van der Waals surface area (Å²) in [5.74, 6) is 0.179. The summed E-state index contributed by atoms with van der Waals surface area (Å²) >= 11 is 0. The van der Waals surface area contributed by atoms with Gasteiger partial charge in [-0.25, -0.2) is 0 Å². The van der Waals surface area contributed by atoms with E-state index in [4.69, 9.17) is 0 Å². The summed E-state index contributed by atoms with van der Waals surface area (Å²) in [4.78, 5) is 0.